The number of benzene rings is 1. The molecular weight excluding hydrogens is 240 g/mol. The van der Waals surface area contributed by atoms with Gasteiger partial charge in [0.15, 0.2) is 0 Å². The molecule has 0 saturated heterocycles. The Hall–Kier alpha value is -2.14. The van der Waals surface area contributed by atoms with E-state index < -0.39 is 5.91 Å². The number of hydrogen-bond donors (Lipinski definition) is 2. The van der Waals surface area contributed by atoms with Crippen LogP contribution in [-0.4, -0.2) is 22.2 Å². The van der Waals surface area contributed by atoms with Crippen molar-refractivity contribution in [2.75, 3.05) is 6.54 Å². The van der Waals surface area contributed by atoms with E-state index in [1.165, 1.54) is 11.8 Å². The Labute approximate surface area is 112 Å². The standard InChI is InChI=1S/C14H18N4O/c1-3-16-7-11-5-4-10(2)13(6-11)18-9-12(8-17-18)14(15)19/h4-6,8-9,16H,3,7H2,1-2H3,(H2,15,19). The summed E-state index contributed by atoms with van der Waals surface area (Å²) in [6, 6.07) is 6.20. The lowest BCUT2D eigenvalue weighted by Gasteiger charge is -2.09. The first kappa shape index (κ1) is 13.3. The van der Waals surface area contributed by atoms with Gasteiger partial charge in [-0.2, -0.15) is 5.10 Å². The highest BCUT2D eigenvalue weighted by atomic mass is 16.1. The molecule has 0 atom stereocenters. The maximum Gasteiger partial charge on any atom is 0.251 e. The number of aryl methyl sites for hydroxylation is 1. The van der Waals surface area contributed by atoms with Crippen molar-refractivity contribution in [3.63, 3.8) is 0 Å². The van der Waals surface area contributed by atoms with E-state index >= 15 is 0 Å². The molecule has 0 bridgehead atoms. The van der Waals surface area contributed by atoms with Crippen molar-refractivity contribution in [2.24, 2.45) is 5.73 Å². The Morgan fingerprint density at radius 3 is 2.89 bits per heavy atom. The average molecular weight is 258 g/mol. The number of carbonyl (C=O) groups is 1. The maximum atomic E-state index is 11.1. The van der Waals surface area contributed by atoms with E-state index in [0.29, 0.717) is 5.56 Å². The van der Waals surface area contributed by atoms with E-state index in [1.54, 1.807) is 10.9 Å². The third kappa shape index (κ3) is 3.00. The number of carbonyl (C=O) groups excluding carboxylic acids is 1. The van der Waals surface area contributed by atoms with Gasteiger partial charge in [-0.05, 0) is 30.7 Å². The average Bonchev–Trinajstić information content (AvgIpc) is 2.87. The number of rotatable bonds is 5. The second kappa shape index (κ2) is 5.67. The van der Waals surface area contributed by atoms with Crippen molar-refractivity contribution in [3.05, 3.63) is 47.3 Å². The Bertz CT molecular complexity index is 589. The molecule has 0 saturated carbocycles. The number of amides is 1. The first-order chi connectivity index (χ1) is 9.11. The predicted molar refractivity (Wildman–Crippen MR) is 74.2 cm³/mol. The lowest BCUT2D eigenvalue weighted by molar-refractivity contribution is 0.100. The lowest BCUT2D eigenvalue weighted by atomic mass is 10.1. The molecule has 0 fully saturated rings. The van der Waals surface area contributed by atoms with E-state index in [1.807, 2.05) is 13.0 Å². The van der Waals surface area contributed by atoms with Crippen molar-refractivity contribution in [1.82, 2.24) is 15.1 Å². The minimum atomic E-state index is -0.465. The molecule has 0 aliphatic heterocycles. The van der Waals surface area contributed by atoms with Crippen molar-refractivity contribution in [3.8, 4) is 5.69 Å². The van der Waals surface area contributed by atoms with Gasteiger partial charge in [-0.25, -0.2) is 4.68 Å². The molecule has 3 N–H and O–H groups in total. The van der Waals surface area contributed by atoms with Crippen LogP contribution < -0.4 is 11.1 Å². The first-order valence-corrected chi connectivity index (χ1v) is 6.27. The predicted octanol–water partition coefficient (Wildman–Crippen LogP) is 1.39. The summed E-state index contributed by atoms with van der Waals surface area (Å²) in [5.41, 5.74) is 8.89. The molecule has 19 heavy (non-hydrogen) atoms. The minimum Gasteiger partial charge on any atom is -0.366 e. The molecule has 1 aromatic carbocycles. The first-order valence-electron chi connectivity index (χ1n) is 6.27. The van der Waals surface area contributed by atoms with Gasteiger partial charge in [-0.3, -0.25) is 4.79 Å². The molecule has 5 nitrogen and oxygen atoms in total. The largest absolute Gasteiger partial charge is 0.366 e. The SMILES string of the molecule is CCNCc1ccc(C)c(-n2cc(C(N)=O)cn2)c1. The third-order valence-electron chi connectivity index (χ3n) is 2.97. The van der Waals surface area contributed by atoms with E-state index in [4.69, 9.17) is 5.73 Å². The van der Waals surface area contributed by atoms with Crippen molar-refractivity contribution in [2.45, 2.75) is 20.4 Å². The number of hydrogen-bond acceptors (Lipinski definition) is 3. The summed E-state index contributed by atoms with van der Waals surface area (Å²) in [7, 11) is 0. The molecular formula is C14H18N4O. The third-order valence-corrected chi connectivity index (χ3v) is 2.97. The summed E-state index contributed by atoms with van der Waals surface area (Å²) in [4.78, 5) is 11.1. The molecule has 1 heterocycles. The van der Waals surface area contributed by atoms with E-state index in [9.17, 15) is 4.79 Å². The normalized spacial score (nSPS) is 10.6. The van der Waals surface area contributed by atoms with Gasteiger partial charge >= 0.3 is 0 Å². The topological polar surface area (TPSA) is 72.9 Å². The highest BCUT2D eigenvalue weighted by Crippen LogP contribution is 2.16. The zero-order chi connectivity index (χ0) is 13.8. The summed E-state index contributed by atoms with van der Waals surface area (Å²) in [6.07, 6.45) is 3.14. The fourth-order valence-corrected chi connectivity index (χ4v) is 1.86. The van der Waals surface area contributed by atoms with Crippen LogP contribution in [0.25, 0.3) is 5.69 Å². The van der Waals surface area contributed by atoms with Crippen LogP contribution >= 0.6 is 0 Å². The molecule has 0 radical (unpaired) electrons. The van der Waals surface area contributed by atoms with Crippen LogP contribution in [0.2, 0.25) is 0 Å². The monoisotopic (exact) mass is 258 g/mol. The van der Waals surface area contributed by atoms with Crippen LogP contribution in [-0.2, 0) is 6.54 Å². The summed E-state index contributed by atoms with van der Waals surface area (Å²) < 4.78 is 1.69. The summed E-state index contributed by atoms with van der Waals surface area (Å²) in [5.74, 6) is -0.465. The fraction of sp³-hybridized carbons (Fsp3) is 0.286. The van der Waals surface area contributed by atoms with Crippen molar-refractivity contribution in [1.29, 1.82) is 0 Å². The van der Waals surface area contributed by atoms with Gasteiger partial charge in [-0.1, -0.05) is 19.1 Å². The number of aromatic nitrogens is 2. The Morgan fingerprint density at radius 1 is 1.47 bits per heavy atom. The van der Waals surface area contributed by atoms with E-state index in [-0.39, 0.29) is 0 Å². The van der Waals surface area contributed by atoms with Crippen molar-refractivity contribution < 1.29 is 4.79 Å². The number of nitrogens with two attached hydrogens (primary N) is 1. The van der Waals surface area contributed by atoms with Crippen LogP contribution in [0.1, 0.15) is 28.4 Å². The van der Waals surface area contributed by atoms with Crippen LogP contribution in [0.5, 0.6) is 0 Å². The zero-order valence-corrected chi connectivity index (χ0v) is 11.2. The highest BCUT2D eigenvalue weighted by molar-refractivity contribution is 5.92. The maximum absolute atomic E-state index is 11.1. The Morgan fingerprint density at radius 2 is 2.26 bits per heavy atom. The Kier molecular flexibility index (Phi) is 3.97. The van der Waals surface area contributed by atoms with Gasteiger partial charge in [0.05, 0.1) is 17.4 Å². The molecule has 0 aliphatic carbocycles. The second-order valence-electron chi connectivity index (χ2n) is 4.44. The van der Waals surface area contributed by atoms with Crippen LogP contribution in [0.3, 0.4) is 0 Å². The molecule has 1 aromatic heterocycles. The molecule has 0 unspecified atom stereocenters. The quantitative estimate of drug-likeness (QED) is 0.851. The van der Waals surface area contributed by atoms with E-state index in [0.717, 1.165) is 24.3 Å². The molecule has 1 amide bonds. The van der Waals surface area contributed by atoms with Gasteiger partial charge in [0.25, 0.3) is 5.91 Å². The lowest BCUT2D eigenvalue weighted by Crippen LogP contribution is -2.12. The minimum absolute atomic E-state index is 0.413. The molecule has 0 spiro atoms. The summed E-state index contributed by atoms with van der Waals surface area (Å²) >= 11 is 0. The van der Waals surface area contributed by atoms with E-state index in [2.05, 4.69) is 29.5 Å². The van der Waals surface area contributed by atoms with Crippen LogP contribution in [0.15, 0.2) is 30.6 Å². The van der Waals surface area contributed by atoms with Crippen LogP contribution in [0, 0.1) is 6.92 Å². The summed E-state index contributed by atoms with van der Waals surface area (Å²) in [6.45, 7) is 5.82. The molecule has 2 aromatic rings. The van der Waals surface area contributed by atoms with Gasteiger partial charge in [0.1, 0.15) is 0 Å². The number of nitrogens with zero attached hydrogens (tertiary/aromatic N) is 2. The number of nitrogens with one attached hydrogen (secondary N) is 1. The molecule has 5 heteroatoms. The van der Waals surface area contributed by atoms with Gasteiger partial charge in [-0.15, -0.1) is 0 Å². The zero-order valence-electron chi connectivity index (χ0n) is 11.2. The fourth-order valence-electron chi connectivity index (χ4n) is 1.86. The van der Waals surface area contributed by atoms with Crippen molar-refractivity contribution >= 4 is 5.91 Å². The second-order valence-corrected chi connectivity index (χ2v) is 4.44. The molecule has 2 rings (SSSR count). The summed E-state index contributed by atoms with van der Waals surface area (Å²) in [5, 5.41) is 7.47. The van der Waals surface area contributed by atoms with Gasteiger partial charge < -0.3 is 11.1 Å². The molecule has 0 aliphatic rings. The van der Waals surface area contributed by atoms with Gasteiger partial charge in [0.2, 0.25) is 0 Å². The molecule has 100 valence electrons. The number of primary amides is 1. The smallest absolute Gasteiger partial charge is 0.251 e. The Balaban J connectivity index is 2.33. The van der Waals surface area contributed by atoms with Crippen LogP contribution in [0.4, 0.5) is 0 Å². The van der Waals surface area contributed by atoms with Gasteiger partial charge in [0, 0.05) is 12.7 Å². The highest BCUT2D eigenvalue weighted by Gasteiger charge is 2.08.